The van der Waals surface area contributed by atoms with Crippen LogP contribution in [0.25, 0.3) is 22.2 Å². The molecule has 0 fully saturated rings. The number of ether oxygens (including phenoxy) is 1. The third-order valence-electron chi connectivity index (χ3n) is 3.82. The molecule has 4 heteroatoms. The highest BCUT2D eigenvalue weighted by atomic mass is 16.5. The average molecular weight is 316 g/mol. The number of nitrogens with zero attached hydrogens (tertiary/aromatic N) is 2. The molecule has 2 aromatic heterocycles. The first-order chi connectivity index (χ1) is 11.8. The minimum Gasteiger partial charge on any atom is -0.485 e. The van der Waals surface area contributed by atoms with Gasteiger partial charge in [0.1, 0.15) is 23.6 Å². The van der Waals surface area contributed by atoms with Gasteiger partial charge in [0.05, 0.1) is 0 Å². The Balaban J connectivity index is 1.56. The Morgan fingerprint density at radius 3 is 2.71 bits per heavy atom. The number of rotatable bonds is 4. The number of aryl methyl sites for hydroxylation is 1. The van der Waals surface area contributed by atoms with Gasteiger partial charge in [0, 0.05) is 22.7 Å². The molecule has 0 radical (unpaired) electrons. The van der Waals surface area contributed by atoms with Gasteiger partial charge in [-0.2, -0.15) is 0 Å². The van der Waals surface area contributed by atoms with Gasteiger partial charge in [0.2, 0.25) is 0 Å². The Bertz CT molecular complexity index is 977. The van der Waals surface area contributed by atoms with Gasteiger partial charge in [-0.25, -0.2) is 4.98 Å². The quantitative estimate of drug-likeness (QED) is 0.544. The average Bonchev–Trinajstić information content (AvgIpc) is 3.10. The van der Waals surface area contributed by atoms with Crippen molar-refractivity contribution in [3.8, 4) is 17.1 Å². The van der Waals surface area contributed by atoms with Crippen molar-refractivity contribution < 1.29 is 9.26 Å². The molecular weight excluding hydrogens is 300 g/mol. The zero-order valence-electron chi connectivity index (χ0n) is 13.3. The second kappa shape index (κ2) is 6.16. The highest BCUT2D eigenvalue weighted by molar-refractivity contribution is 5.84. The molecule has 0 atom stereocenters. The first kappa shape index (κ1) is 14.5. The molecule has 0 aliphatic carbocycles. The molecule has 0 saturated heterocycles. The van der Waals surface area contributed by atoms with Crippen LogP contribution in [0.1, 0.15) is 11.4 Å². The smallest absolute Gasteiger partial charge is 0.167 e. The number of fused-ring (bicyclic) bond motifs is 1. The first-order valence-electron chi connectivity index (χ1n) is 7.80. The molecule has 2 heterocycles. The monoisotopic (exact) mass is 316 g/mol. The van der Waals surface area contributed by atoms with E-state index in [1.54, 1.807) is 0 Å². The van der Waals surface area contributed by atoms with Gasteiger partial charge in [-0.3, -0.25) is 0 Å². The lowest BCUT2D eigenvalue weighted by Crippen LogP contribution is -1.97. The lowest BCUT2D eigenvalue weighted by atomic mass is 10.2. The van der Waals surface area contributed by atoms with Crippen LogP contribution in [0.15, 0.2) is 71.3 Å². The highest BCUT2D eigenvalue weighted by Crippen LogP contribution is 2.25. The molecule has 0 bridgehead atoms. The van der Waals surface area contributed by atoms with Gasteiger partial charge in [-0.15, -0.1) is 0 Å². The molecule has 4 nitrogen and oxygen atoms in total. The van der Waals surface area contributed by atoms with Gasteiger partial charge >= 0.3 is 0 Å². The Morgan fingerprint density at radius 1 is 0.958 bits per heavy atom. The lowest BCUT2D eigenvalue weighted by molar-refractivity contribution is 0.292. The molecule has 4 aromatic rings. The molecule has 4 rings (SSSR count). The van der Waals surface area contributed by atoms with Crippen molar-refractivity contribution in [2.24, 2.45) is 0 Å². The summed E-state index contributed by atoms with van der Waals surface area (Å²) < 4.78 is 11.3. The standard InChI is InChI=1S/C20H16N2O2/c1-14-10-11-16-8-5-9-18(20(16)21-14)23-13-17-12-19(24-22-17)15-6-3-2-4-7-15/h2-12H,13H2,1H3. The van der Waals surface area contributed by atoms with Gasteiger partial charge < -0.3 is 9.26 Å². The summed E-state index contributed by atoms with van der Waals surface area (Å²) >= 11 is 0. The van der Waals surface area contributed by atoms with Gasteiger partial charge in [-0.05, 0) is 19.1 Å². The fourth-order valence-electron chi connectivity index (χ4n) is 2.60. The van der Waals surface area contributed by atoms with E-state index in [9.17, 15) is 0 Å². The largest absolute Gasteiger partial charge is 0.485 e. The van der Waals surface area contributed by atoms with E-state index in [0.29, 0.717) is 6.61 Å². The molecule has 24 heavy (non-hydrogen) atoms. The normalized spacial score (nSPS) is 10.9. The predicted octanol–water partition coefficient (Wildman–Crippen LogP) is 4.78. The van der Waals surface area contributed by atoms with Crippen LogP contribution >= 0.6 is 0 Å². The van der Waals surface area contributed by atoms with Crippen LogP contribution in [-0.2, 0) is 6.61 Å². The Morgan fingerprint density at radius 2 is 1.83 bits per heavy atom. The summed E-state index contributed by atoms with van der Waals surface area (Å²) in [5, 5.41) is 5.14. The molecule has 0 unspecified atom stereocenters. The Hall–Kier alpha value is -3.14. The molecule has 0 N–H and O–H groups in total. The van der Waals surface area contributed by atoms with Crippen LogP contribution in [-0.4, -0.2) is 10.1 Å². The maximum atomic E-state index is 5.92. The lowest BCUT2D eigenvalue weighted by Gasteiger charge is -2.07. The Kier molecular flexibility index (Phi) is 3.71. The van der Waals surface area contributed by atoms with Crippen LogP contribution < -0.4 is 4.74 Å². The summed E-state index contributed by atoms with van der Waals surface area (Å²) in [5.41, 5.74) is 3.58. The van der Waals surface area contributed by atoms with Crippen LogP contribution in [0.5, 0.6) is 5.75 Å². The number of pyridine rings is 1. The predicted molar refractivity (Wildman–Crippen MR) is 92.8 cm³/mol. The third-order valence-corrected chi connectivity index (χ3v) is 3.82. The molecular formula is C20H16N2O2. The summed E-state index contributed by atoms with van der Waals surface area (Å²) in [6, 6.07) is 21.8. The van der Waals surface area contributed by atoms with E-state index in [1.165, 1.54) is 0 Å². The fraction of sp³-hybridized carbons (Fsp3) is 0.100. The summed E-state index contributed by atoms with van der Waals surface area (Å²) in [7, 11) is 0. The van der Waals surface area contributed by atoms with Crippen molar-refractivity contribution in [2.75, 3.05) is 0 Å². The molecule has 118 valence electrons. The van der Waals surface area contributed by atoms with Crippen LogP contribution in [0, 0.1) is 6.92 Å². The second-order valence-corrected chi connectivity index (χ2v) is 5.62. The van der Waals surface area contributed by atoms with Crippen molar-refractivity contribution in [3.63, 3.8) is 0 Å². The molecule has 2 aromatic carbocycles. The molecule has 0 spiro atoms. The van der Waals surface area contributed by atoms with Crippen LogP contribution in [0.3, 0.4) is 0 Å². The van der Waals surface area contributed by atoms with Crippen LogP contribution in [0.4, 0.5) is 0 Å². The van der Waals surface area contributed by atoms with E-state index in [4.69, 9.17) is 9.26 Å². The fourth-order valence-corrected chi connectivity index (χ4v) is 2.60. The summed E-state index contributed by atoms with van der Waals surface area (Å²) in [5.74, 6) is 1.49. The number of benzene rings is 2. The maximum Gasteiger partial charge on any atom is 0.167 e. The number of hydrogen-bond donors (Lipinski definition) is 0. The van der Waals surface area contributed by atoms with Crippen molar-refractivity contribution in [3.05, 3.63) is 78.1 Å². The summed E-state index contributed by atoms with van der Waals surface area (Å²) in [6.45, 7) is 2.31. The van der Waals surface area contributed by atoms with E-state index < -0.39 is 0 Å². The van der Waals surface area contributed by atoms with Crippen molar-refractivity contribution in [1.82, 2.24) is 10.1 Å². The second-order valence-electron chi connectivity index (χ2n) is 5.62. The topological polar surface area (TPSA) is 48.2 Å². The summed E-state index contributed by atoms with van der Waals surface area (Å²) in [4.78, 5) is 4.57. The maximum absolute atomic E-state index is 5.92. The van der Waals surface area contributed by atoms with E-state index >= 15 is 0 Å². The Labute approximate surface area is 139 Å². The van der Waals surface area contributed by atoms with E-state index in [2.05, 4.69) is 10.1 Å². The molecule has 0 aliphatic rings. The van der Waals surface area contributed by atoms with E-state index in [-0.39, 0.29) is 0 Å². The molecule has 0 saturated carbocycles. The third kappa shape index (κ3) is 2.86. The minimum atomic E-state index is 0.338. The number of hydrogen-bond acceptors (Lipinski definition) is 4. The molecule has 0 aliphatic heterocycles. The summed E-state index contributed by atoms with van der Waals surface area (Å²) in [6.07, 6.45) is 0. The number of aromatic nitrogens is 2. The zero-order chi connectivity index (χ0) is 16.4. The SMILES string of the molecule is Cc1ccc2cccc(OCc3cc(-c4ccccc4)on3)c2n1. The zero-order valence-corrected chi connectivity index (χ0v) is 13.3. The van der Waals surface area contributed by atoms with Gasteiger partial charge in [-0.1, -0.05) is 53.7 Å². The number of para-hydroxylation sites is 1. The highest BCUT2D eigenvalue weighted by Gasteiger charge is 2.09. The molecule has 0 amide bonds. The van der Waals surface area contributed by atoms with Crippen molar-refractivity contribution in [1.29, 1.82) is 0 Å². The van der Waals surface area contributed by atoms with E-state index in [1.807, 2.05) is 73.7 Å². The van der Waals surface area contributed by atoms with Crippen LogP contribution in [0.2, 0.25) is 0 Å². The first-order valence-corrected chi connectivity index (χ1v) is 7.80. The van der Waals surface area contributed by atoms with Crippen molar-refractivity contribution in [2.45, 2.75) is 13.5 Å². The van der Waals surface area contributed by atoms with E-state index in [0.717, 1.165) is 39.4 Å². The van der Waals surface area contributed by atoms with Crippen molar-refractivity contribution >= 4 is 10.9 Å². The van der Waals surface area contributed by atoms with Gasteiger partial charge in [0.25, 0.3) is 0 Å². The van der Waals surface area contributed by atoms with Gasteiger partial charge in [0.15, 0.2) is 5.76 Å². The minimum absolute atomic E-state index is 0.338.